The van der Waals surface area contributed by atoms with Crippen molar-refractivity contribution in [1.82, 2.24) is 0 Å². The van der Waals surface area contributed by atoms with Crippen LogP contribution in [0.15, 0.2) is 30.3 Å². The van der Waals surface area contributed by atoms with Gasteiger partial charge in [-0.15, -0.1) is 0 Å². The van der Waals surface area contributed by atoms with Gasteiger partial charge in [0.05, 0.1) is 0 Å². The van der Waals surface area contributed by atoms with E-state index in [0.717, 1.165) is 15.8 Å². The number of thioether (sulfide) groups is 1. The number of thiocarbonyl (C=S) groups is 1. The Morgan fingerprint density at radius 2 is 1.63 bits per heavy atom. The van der Waals surface area contributed by atoms with Crippen LogP contribution in [0.4, 0.5) is 5.69 Å². The molecule has 0 fully saturated rings. The van der Waals surface area contributed by atoms with Gasteiger partial charge in [-0.3, -0.25) is 0 Å². The van der Waals surface area contributed by atoms with Crippen molar-refractivity contribution in [3.63, 3.8) is 0 Å². The highest BCUT2D eigenvalue weighted by Crippen LogP contribution is 2.14. The molecule has 0 heterocycles. The quantitative estimate of drug-likeness (QED) is 0.452. The zero-order valence-corrected chi connectivity index (χ0v) is 13.5. The largest absolute Gasteiger partial charge is 0.341 e. The van der Waals surface area contributed by atoms with Gasteiger partial charge in [0.25, 0.3) is 0 Å². The fourth-order valence-corrected chi connectivity index (χ4v) is 2.99. The maximum Gasteiger partial charge on any atom is 0.138 e. The van der Waals surface area contributed by atoms with Crippen molar-refractivity contribution in [2.75, 3.05) is 11.1 Å². The van der Waals surface area contributed by atoms with Crippen molar-refractivity contribution in [1.29, 1.82) is 0 Å². The summed E-state index contributed by atoms with van der Waals surface area (Å²) in [7, 11) is 0. The van der Waals surface area contributed by atoms with Crippen molar-refractivity contribution < 1.29 is 0 Å². The summed E-state index contributed by atoms with van der Waals surface area (Å²) in [6.07, 6.45) is 9.50. The van der Waals surface area contributed by atoms with E-state index in [1.165, 1.54) is 44.9 Å². The van der Waals surface area contributed by atoms with Crippen LogP contribution < -0.4 is 5.32 Å². The maximum atomic E-state index is 5.32. The predicted octanol–water partition coefficient (Wildman–Crippen LogP) is 5.87. The van der Waals surface area contributed by atoms with Crippen molar-refractivity contribution in [3.8, 4) is 0 Å². The van der Waals surface area contributed by atoms with Gasteiger partial charge in [-0.1, -0.05) is 87.6 Å². The SMILES string of the molecule is CCCCCCCCCSC(=S)Nc1ccccc1. The van der Waals surface area contributed by atoms with E-state index in [0.29, 0.717) is 0 Å². The van der Waals surface area contributed by atoms with Crippen LogP contribution in [0.1, 0.15) is 51.9 Å². The summed E-state index contributed by atoms with van der Waals surface area (Å²) in [5.41, 5.74) is 1.08. The number of anilines is 1. The van der Waals surface area contributed by atoms with Gasteiger partial charge in [-0.25, -0.2) is 0 Å². The predicted molar refractivity (Wildman–Crippen MR) is 93.1 cm³/mol. The van der Waals surface area contributed by atoms with Crippen molar-refractivity contribution in [3.05, 3.63) is 30.3 Å². The van der Waals surface area contributed by atoms with E-state index in [2.05, 4.69) is 12.2 Å². The fourth-order valence-electron chi connectivity index (χ4n) is 1.90. The molecule has 0 aromatic heterocycles. The number of unbranched alkanes of at least 4 members (excludes halogenated alkanes) is 6. The maximum absolute atomic E-state index is 5.32. The lowest BCUT2D eigenvalue weighted by Gasteiger charge is -2.07. The number of rotatable bonds is 9. The summed E-state index contributed by atoms with van der Waals surface area (Å²) in [6.45, 7) is 2.26. The average Bonchev–Trinajstić information content (AvgIpc) is 2.43. The molecule has 0 bridgehead atoms. The Labute approximate surface area is 127 Å². The van der Waals surface area contributed by atoms with Crippen LogP contribution in [0.25, 0.3) is 0 Å². The number of para-hydroxylation sites is 1. The molecule has 0 atom stereocenters. The first-order valence-electron chi connectivity index (χ1n) is 7.31. The van der Waals surface area contributed by atoms with Gasteiger partial charge in [-0.2, -0.15) is 0 Å². The summed E-state index contributed by atoms with van der Waals surface area (Å²) in [4.78, 5) is 0. The first-order valence-corrected chi connectivity index (χ1v) is 8.71. The van der Waals surface area contributed by atoms with Gasteiger partial charge in [0.2, 0.25) is 0 Å². The second kappa shape index (κ2) is 11.3. The van der Waals surface area contributed by atoms with Crippen LogP contribution >= 0.6 is 24.0 Å². The van der Waals surface area contributed by atoms with Crippen molar-refractivity contribution >= 4 is 34.0 Å². The molecular weight excluding hydrogens is 270 g/mol. The molecule has 0 aliphatic carbocycles. The number of hydrogen-bond donors (Lipinski definition) is 1. The minimum absolute atomic E-state index is 0.886. The number of nitrogens with one attached hydrogen (secondary N) is 1. The standard InChI is InChI=1S/C16H25NS2/c1-2-3-4-5-6-7-11-14-19-16(18)17-15-12-9-8-10-13-15/h8-10,12-13H,2-7,11,14H2,1H3,(H,17,18). The minimum atomic E-state index is 0.886. The molecule has 0 unspecified atom stereocenters. The Morgan fingerprint density at radius 3 is 2.32 bits per heavy atom. The zero-order valence-electron chi connectivity index (χ0n) is 11.9. The second-order valence-electron chi connectivity index (χ2n) is 4.75. The average molecular weight is 296 g/mol. The topological polar surface area (TPSA) is 12.0 Å². The summed E-state index contributed by atoms with van der Waals surface area (Å²) in [6, 6.07) is 10.1. The fraction of sp³-hybridized carbons (Fsp3) is 0.562. The molecule has 1 nitrogen and oxygen atoms in total. The molecule has 1 aromatic rings. The smallest absolute Gasteiger partial charge is 0.138 e. The van der Waals surface area contributed by atoms with Crippen LogP contribution in [0.3, 0.4) is 0 Å². The second-order valence-corrected chi connectivity index (χ2v) is 6.52. The molecule has 19 heavy (non-hydrogen) atoms. The molecule has 0 radical (unpaired) electrons. The Hall–Kier alpha value is -0.540. The molecule has 0 aliphatic rings. The highest BCUT2D eigenvalue weighted by molar-refractivity contribution is 8.23. The van der Waals surface area contributed by atoms with Crippen molar-refractivity contribution in [2.45, 2.75) is 51.9 Å². The van der Waals surface area contributed by atoms with Gasteiger partial charge in [0, 0.05) is 11.4 Å². The molecule has 106 valence electrons. The lowest BCUT2D eigenvalue weighted by Crippen LogP contribution is -2.04. The molecule has 1 rings (SSSR count). The highest BCUT2D eigenvalue weighted by atomic mass is 32.2. The summed E-state index contributed by atoms with van der Waals surface area (Å²) in [5, 5.41) is 3.26. The van der Waals surface area contributed by atoms with E-state index >= 15 is 0 Å². The third-order valence-electron chi connectivity index (χ3n) is 3.00. The van der Waals surface area contributed by atoms with Gasteiger partial charge in [0.1, 0.15) is 4.32 Å². The van der Waals surface area contributed by atoms with Gasteiger partial charge < -0.3 is 5.32 Å². The van der Waals surface area contributed by atoms with E-state index in [9.17, 15) is 0 Å². The van der Waals surface area contributed by atoms with E-state index in [1.807, 2.05) is 30.3 Å². The summed E-state index contributed by atoms with van der Waals surface area (Å²) >= 11 is 7.08. The summed E-state index contributed by atoms with van der Waals surface area (Å²) < 4.78 is 0.886. The minimum Gasteiger partial charge on any atom is -0.341 e. The van der Waals surface area contributed by atoms with Crippen molar-refractivity contribution in [2.24, 2.45) is 0 Å². The molecule has 1 aromatic carbocycles. The Balaban J connectivity index is 1.96. The molecule has 0 aliphatic heterocycles. The zero-order chi connectivity index (χ0) is 13.8. The first-order chi connectivity index (χ1) is 9.33. The monoisotopic (exact) mass is 295 g/mol. The van der Waals surface area contributed by atoms with E-state index in [1.54, 1.807) is 11.8 Å². The number of hydrogen-bond acceptors (Lipinski definition) is 2. The molecule has 0 spiro atoms. The Bertz CT molecular complexity index is 338. The molecule has 0 saturated carbocycles. The van der Waals surface area contributed by atoms with Gasteiger partial charge >= 0.3 is 0 Å². The highest BCUT2D eigenvalue weighted by Gasteiger charge is 1.98. The van der Waals surface area contributed by atoms with Crippen LogP contribution in [0.2, 0.25) is 0 Å². The third-order valence-corrected chi connectivity index (χ3v) is 4.31. The van der Waals surface area contributed by atoms with E-state index < -0.39 is 0 Å². The first kappa shape index (κ1) is 16.5. The van der Waals surface area contributed by atoms with Crippen LogP contribution in [0.5, 0.6) is 0 Å². The Kier molecular flexibility index (Phi) is 9.82. The van der Waals surface area contributed by atoms with E-state index in [4.69, 9.17) is 12.2 Å². The number of benzene rings is 1. The lowest BCUT2D eigenvalue weighted by atomic mass is 10.1. The van der Waals surface area contributed by atoms with Gasteiger partial charge in [-0.05, 0) is 18.6 Å². The molecule has 3 heteroatoms. The lowest BCUT2D eigenvalue weighted by molar-refractivity contribution is 0.604. The van der Waals surface area contributed by atoms with Crippen LogP contribution in [-0.2, 0) is 0 Å². The third kappa shape index (κ3) is 9.06. The normalized spacial score (nSPS) is 10.4. The Morgan fingerprint density at radius 1 is 1.00 bits per heavy atom. The summed E-state index contributed by atoms with van der Waals surface area (Å²) in [5.74, 6) is 1.13. The van der Waals surface area contributed by atoms with Gasteiger partial charge in [0.15, 0.2) is 0 Å². The molecule has 1 N–H and O–H groups in total. The molecule has 0 amide bonds. The molecular formula is C16H25NS2. The van der Waals surface area contributed by atoms with Crippen LogP contribution in [-0.4, -0.2) is 10.1 Å². The van der Waals surface area contributed by atoms with E-state index in [-0.39, 0.29) is 0 Å². The van der Waals surface area contributed by atoms with Crippen LogP contribution in [0, 0.1) is 0 Å². The molecule has 0 saturated heterocycles.